The first-order chi connectivity index (χ1) is 15.8. The van der Waals surface area contributed by atoms with Gasteiger partial charge in [0.15, 0.2) is 0 Å². The zero-order valence-electron chi connectivity index (χ0n) is 18.1. The highest BCUT2D eigenvalue weighted by Gasteiger charge is 2.19. The van der Waals surface area contributed by atoms with Gasteiger partial charge in [0, 0.05) is 36.2 Å². The molecule has 1 atom stereocenters. The number of nitrogens with zero attached hydrogens (tertiary/aromatic N) is 5. The van der Waals surface area contributed by atoms with E-state index < -0.39 is 0 Å². The number of aliphatic imine (C=N–C) groups is 1. The number of aromatic nitrogens is 2. The van der Waals surface area contributed by atoms with Gasteiger partial charge in [0.25, 0.3) is 0 Å². The van der Waals surface area contributed by atoms with Crippen molar-refractivity contribution in [1.29, 1.82) is 0 Å². The SMILES string of the molecule is CCC1N=CNN1c1ccc(Nc2nccc(-c3cccc(N4CCOCC4)c3)n2)cc1. The predicted octanol–water partition coefficient (Wildman–Crippen LogP) is 3.81. The molecular weight excluding hydrogens is 402 g/mol. The fourth-order valence-corrected chi connectivity index (χ4v) is 3.97. The number of anilines is 4. The molecule has 1 aromatic heterocycles. The molecule has 164 valence electrons. The van der Waals surface area contributed by atoms with E-state index in [0.717, 1.165) is 55.4 Å². The largest absolute Gasteiger partial charge is 0.378 e. The van der Waals surface area contributed by atoms with Crippen molar-refractivity contribution in [3.63, 3.8) is 0 Å². The fraction of sp³-hybridized carbons (Fsp3) is 0.292. The van der Waals surface area contributed by atoms with E-state index in [1.165, 1.54) is 5.69 Å². The fourth-order valence-electron chi connectivity index (χ4n) is 3.97. The molecule has 1 fully saturated rings. The number of hydrazine groups is 1. The standard InChI is InChI=1S/C24H27N7O/c1-2-23-26-17-27-31(23)20-8-6-19(7-9-20)28-24-25-11-10-22(29-24)18-4-3-5-21(16-18)30-12-14-32-15-13-30/h3-11,16-17,23H,2,12-15H2,1H3,(H,26,27)(H,25,28,29). The van der Waals surface area contributed by atoms with Crippen molar-refractivity contribution in [2.75, 3.05) is 41.5 Å². The number of rotatable bonds is 6. The predicted molar refractivity (Wildman–Crippen MR) is 128 cm³/mol. The van der Waals surface area contributed by atoms with E-state index in [1.807, 2.05) is 18.2 Å². The first kappa shape index (κ1) is 20.3. The molecule has 8 nitrogen and oxygen atoms in total. The molecule has 2 aromatic carbocycles. The van der Waals surface area contributed by atoms with Crippen LogP contribution in [0.2, 0.25) is 0 Å². The average Bonchev–Trinajstić information content (AvgIpc) is 3.34. The van der Waals surface area contributed by atoms with Crippen molar-refractivity contribution >= 4 is 29.3 Å². The number of hydrogen-bond donors (Lipinski definition) is 2. The van der Waals surface area contributed by atoms with Gasteiger partial charge in [-0.2, -0.15) is 0 Å². The number of morpholine rings is 1. The van der Waals surface area contributed by atoms with Gasteiger partial charge in [-0.25, -0.2) is 15.0 Å². The Morgan fingerprint density at radius 2 is 1.91 bits per heavy atom. The van der Waals surface area contributed by atoms with Crippen LogP contribution in [0.3, 0.4) is 0 Å². The lowest BCUT2D eigenvalue weighted by atomic mass is 10.1. The maximum atomic E-state index is 5.47. The van der Waals surface area contributed by atoms with E-state index in [-0.39, 0.29) is 6.17 Å². The summed E-state index contributed by atoms with van der Waals surface area (Å²) in [6, 6.07) is 18.6. The minimum absolute atomic E-state index is 0.127. The molecule has 0 spiro atoms. The second kappa shape index (κ2) is 9.23. The summed E-state index contributed by atoms with van der Waals surface area (Å²) in [5.74, 6) is 0.570. The van der Waals surface area contributed by atoms with Gasteiger partial charge < -0.3 is 15.0 Å². The van der Waals surface area contributed by atoms with Gasteiger partial charge in [-0.3, -0.25) is 10.4 Å². The maximum absolute atomic E-state index is 5.47. The Kier molecular flexibility index (Phi) is 5.85. The molecule has 2 aliphatic rings. The van der Waals surface area contributed by atoms with Crippen LogP contribution in [0.25, 0.3) is 11.3 Å². The lowest BCUT2D eigenvalue weighted by Gasteiger charge is -2.29. The van der Waals surface area contributed by atoms with E-state index in [9.17, 15) is 0 Å². The monoisotopic (exact) mass is 429 g/mol. The molecule has 2 N–H and O–H groups in total. The van der Waals surface area contributed by atoms with Gasteiger partial charge in [-0.15, -0.1) is 0 Å². The highest BCUT2D eigenvalue weighted by molar-refractivity contribution is 5.68. The van der Waals surface area contributed by atoms with Crippen LogP contribution in [0.5, 0.6) is 0 Å². The Bertz CT molecular complexity index is 1080. The third-order valence-electron chi connectivity index (χ3n) is 5.68. The van der Waals surface area contributed by atoms with E-state index >= 15 is 0 Å². The first-order valence-corrected chi connectivity index (χ1v) is 11.0. The Labute approximate surface area is 187 Å². The quantitative estimate of drug-likeness (QED) is 0.617. The third kappa shape index (κ3) is 4.36. The number of nitrogens with one attached hydrogen (secondary N) is 2. The van der Waals surface area contributed by atoms with Gasteiger partial charge in [0.2, 0.25) is 5.95 Å². The minimum Gasteiger partial charge on any atom is -0.378 e. The Hall–Kier alpha value is -3.65. The van der Waals surface area contributed by atoms with E-state index in [1.54, 1.807) is 12.5 Å². The van der Waals surface area contributed by atoms with Crippen LogP contribution >= 0.6 is 0 Å². The Morgan fingerprint density at radius 1 is 1.06 bits per heavy atom. The Morgan fingerprint density at radius 3 is 2.72 bits per heavy atom. The lowest BCUT2D eigenvalue weighted by Crippen LogP contribution is -2.38. The number of hydrogen-bond acceptors (Lipinski definition) is 8. The van der Waals surface area contributed by atoms with Crippen molar-refractivity contribution in [3.05, 3.63) is 60.8 Å². The van der Waals surface area contributed by atoms with E-state index in [0.29, 0.717) is 5.95 Å². The number of benzene rings is 2. The van der Waals surface area contributed by atoms with Gasteiger partial charge >= 0.3 is 0 Å². The normalized spacial score (nSPS) is 18.0. The molecule has 0 aliphatic carbocycles. The molecule has 1 unspecified atom stereocenters. The topological polar surface area (TPSA) is 77.9 Å². The molecule has 5 rings (SSSR count). The third-order valence-corrected chi connectivity index (χ3v) is 5.68. The first-order valence-electron chi connectivity index (χ1n) is 11.0. The maximum Gasteiger partial charge on any atom is 0.227 e. The van der Waals surface area contributed by atoms with Crippen molar-refractivity contribution < 1.29 is 4.74 Å². The van der Waals surface area contributed by atoms with Crippen LogP contribution in [-0.2, 0) is 4.74 Å². The van der Waals surface area contributed by atoms with Crippen LogP contribution in [0, 0.1) is 0 Å². The second-order valence-corrected chi connectivity index (χ2v) is 7.75. The van der Waals surface area contributed by atoms with Crippen molar-refractivity contribution in [1.82, 2.24) is 15.4 Å². The molecule has 3 aromatic rings. The van der Waals surface area contributed by atoms with E-state index in [2.05, 4.69) is 73.9 Å². The minimum atomic E-state index is 0.127. The van der Waals surface area contributed by atoms with Gasteiger partial charge in [-0.1, -0.05) is 19.1 Å². The van der Waals surface area contributed by atoms with Crippen LogP contribution in [0.15, 0.2) is 65.8 Å². The summed E-state index contributed by atoms with van der Waals surface area (Å²) in [4.78, 5) is 15.9. The van der Waals surface area contributed by atoms with Crippen molar-refractivity contribution in [3.8, 4) is 11.3 Å². The van der Waals surface area contributed by atoms with Crippen LogP contribution in [0.1, 0.15) is 13.3 Å². The molecular formula is C24H27N7O. The Balaban J connectivity index is 1.30. The molecule has 1 saturated heterocycles. The highest BCUT2D eigenvalue weighted by Crippen LogP contribution is 2.26. The van der Waals surface area contributed by atoms with Gasteiger partial charge in [-0.05, 0) is 48.9 Å². The summed E-state index contributed by atoms with van der Waals surface area (Å²) < 4.78 is 5.47. The van der Waals surface area contributed by atoms with Crippen LogP contribution in [0.4, 0.5) is 23.0 Å². The lowest BCUT2D eigenvalue weighted by molar-refractivity contribution is 0.122. The smallest absolute Gasteiger partial charge is 0.227 e. The van der Waals surface area contributed by atoms with E-state index in [4.69, 9.17) is 9.72 Å². The molecule has 0 saturated carbocycles. The van der Waals surface area contributed by atoms with Gasteiger partial charge in [0.05, 0.1) is 24.6 Å². The summed E-state index contributed by atoms with van der Waals surface area (Å²) in [5.41, 5.74) is 8.33. The average molecular weight is 430 g/mol. The molecule has 8 heteroatoms. The zero-order chi connectivity index (χ0) is 21.8. The molecule has 0 bridgehead atoms. The second-order valence-electron chi connectivity index (χ2n) is 7.75. The summed E-state index contributed by atoms with van der Waals surface area (Å²) in [6.07, 6.45) is 4.60. The van der Waals surface area contributed by atoms with Crippen LogP contribution in [-0.4, -0.2) is 48.8 Å². The molecule has 32 heavy (non-hydrogen) atoms. The molecule has 0 radical (unpaired) electrons. The van der Waals surface area contributed by atoms with Crippen molar-refractivity contribution in [2.45, 2.75) is 19.5 Å². The summed E-state index contributed by atoms with van der Waals surface area (Å²) in [6.45, 7) is 5.48. The molecule has 3 heterocycles. The summed E-state index contributed by atoms with van der Waals surface area (Å²) >= 11 is 0. The molecule has 2 aliphatic heterocycles. The number of ether oxygens (including phenoxy) is 1. The summed E-state index contributed by atoms with van der Waals surface area (Å²) in [5, 5.41) is 5.37. The van der Waals surface area contributed by atoms with Crippen LogP contribution < -0.4 is 20.7 Å². The van der Waals surface area contributed by atoms with Crippen molar-refractivity contribution in [2.24, 2.45) is 4.99 Å². The van der Waals surface area contributed by atoms with Gasteiger partial charge in [0.1, 0.15) is 12.5 Å². The molecule has 0 amide bonds. The highest BCUT2D eigenvalue weighted by atomic mass is 16.5. The summed E-state index contributed by atoms with van der Waals surface area (Å²) in [7, 11) is 0. The zero-order valence-corrected chi connectivity index (χ0v) is 18.1.